The van der Waals surface area contributed by atoms with E-state index in [0.717, 1.165) is 16.3 Å². The average Bonchev–Trinajstić information content (AvgIpc) is 2.29. The van der Waals surface area contributed by atoms with E-state index in [9.17, 15) is 5.11 Å². The number of hydrogen-bond donors (Lipinski definition) is 1. The van der Waals surface area contributed by atoms with Crippen molar-refractivity contribution in [3.8, 4) is 11.8 Å². The summed E-state index contributed by atoms with van der Waals surface area (Å²) >= 11 is 3.29. The molecule has 3 heteroatoms. The van der Waals surface area contributed by atoms with Crippen LogP contribution in [-0.4, -0.2) is 9.93 Å². The van der Waals surface area contributed by atoms with Crippen molar-refractivity contribution in [3.05, 3.63) is 42.0 Å². The molecule has 0 aliphatic carbocycles. The first-order valence-electron chi connectivity index (χ1n) is 4.94. The molecule has 80 valence electrons. The van der Waals surface area contributed by atoms with Crippen molar-refractivity contribution in [1.29, 1.82) is 5.26 Å². The van der Waals surface area contributed by atoms with Crippen LogP contribution in [0.4, 0.5) is 0 Å². The zero-order valence-corrected chi connectivity index (χ0v) is 10.1. The van der Waals surface area contributed by atoms with Crippen LogP contribution in [0.25, 0.3) is 10.8 Å². The van der Waals surface area contributed by atoms with Crippen LogP contribution >= 0.6 is 15.9 Å². The van der Waals surface area contributed by atoms with E-state index >= 15 is 0 Å². The molecule has 0 spiro atoms. The maximum atomic E-state index is 9.33. The largest absolute Gasteiger partial charge is 0.508 e. The van der Waals surface area contributed by atoms with Gasteiger partial charge in [0.15, 0.2) is 0 Å². The van der Waals surface area contributed by atoms with Gasteiger partial charge in [-0.15, -0.1) is 0 Å². The molecule has 0 fully saturated rings. The van der Waals surface area contributed by atoms with E-state index in [2.05, 4.69) is 22.0 Å². The Bertz CT molecular complexity index is 559. The lowest BCUT2D eigenvalue weighted by molar-refractivity contribution is 0.476. The van der Waals surface area contributed by atoms with Gasteiger partial charge in [0.2, 0.25) is 0 Å². The Labute approximate surface area is 102 Å². The zero-order chi connectivity index (χ0) is 11.5. The lowest BCUT2D eigenvalue weighted by atomic mass is 10.0. The molecule has 0 saturated heterocycles. The predicted octanol–water partition coefficient (Wildman–Crippen LogP) is 3.37. The van der Waals surface area contributed by atoms with Gasteiger partial charge in [-0.25, -0.2) is 0 Å². The SMILES string of the molecule is N#CC(Br)Cc1ccc2cc(O)ccc2c1. The molecule has 0 saturated carbocycles. The summed E-state index contributed by atoms with van der Waals surface area (Å²) < 4.78 is 0. The van der Waals surface area contributed by atoms with Crippen LogP contribution in [0.2, 0.25) is 0 Å². The molecular weight excluding hydrogens is 266 g/mol. The smallest absolute Gasteiger partial charge is 0.116 e. The summed E-state index contributed by atoms with van der Waals surface area (Å²) in [6.45, 7) is 0. The summed E-state index contributed by atoms with van der Waals surface area (Å²) in [7, 11) is 0. The summed E-state index contributed by atoms with van der Waals surface area (Å²) in [6, 6.07) is 13.4. The first-order valence-corrected chi connectivity index (χ1v) is 5.86. The van der Waals surface area contributed by atoms with Crippen LogP contribution in [0.1, 0.15) is 5.56 Å². The van der Waals surface area contributed by atoms with Gasteiger partial charge < -0.3 is 5.11 Å². The van der Waals surface area contributed by atoms with Crippen LogP contribution in [0, 0.1) is 11.3 Å². The fourth-order valence-electron chi connectivity index (χ4n) is 1.66. The maximum Gasteiger partial charge on any atom is 0.116 e. The van der Waals surface area contributed by atoms with Crippen LogP contribution < -0.4 is 0 Å². The van der Waals surface area contributed by atoms with Gasteiger partial charge in [-0.2, -0.15) is 5.26 Å². The third-order valence-corrected chi connectivity index (χ3v) is 2.97. The van der Waals surface area contributed by atoms with Crippen molar-refractivity contribution in [2.45, 2.75) is 11.2 Å². The molecule has 2 aromatic carbocycles. The number of phenols is 1. The molecule has 2 aromatic rings. The molecule has 2 nitrogen and oxygen atoms in total. The summed E-state index contributed by atoms with van der Waals surface area (Å²) in [6.07, 6.45) is 0.688. The Kier molecular flexibility index (Phi) is 3.12. The minimum Gasteiger partial charge on any atom is -0.508 e. The van der Waals surface area contributed by atoms with Gasteiger partial charge >= 0.3 is 0 Å². The Morgan fingerprint density at radius 3 is 2.62 bits per heavy atom. The van der Waals surface area contributed by atoms with Gasteiger partial charge in [0.25, 0.3) is 0 Å². The molecular formula is C13H10BrNO. The number of hydrogen-bond acceptors (Lipinski definition) is 2. The van der Waals surface area contributed by atoms with Crippen molar-refractivity contribution in [3.63, 3.8) is 0 Å². The van der Waals surface area contributed by atoms with Crippen molar-refractivity contribution < 1.29 is 5.11 Å². The van der Waals surface area contributed by atoms with Crippen molar-refractivity contribution in [2.24, 2.45) is 0 Å². The maximum absolute atomic E-state index is 9.33. The number of alkyl halides is 1. The Balaban J connectivity index is 2.38. The number of aromatic hydroxyl groups is 1. The Morgan fingerprint density at radius 2 is 1.88 bits per heavy atom. The minimum absolute atomic E-state index is 0.151. The van der Waals surface area contributed by atoms with Crippen LogP contribution in [-0.2, 0) is 6.42 Å². The molecule has 1 unspecified atom stereocenters. The van der Waals surface area contributed by atoms with Gasteiger partial charge in [-0.1, -0.05) is 40.2 Å². The Hall–Kier alpha value is -1.53. The second-order valence-electron chi connectivity index (χ2n) is 3.67. The number of nitriles is 1. The van der Waals surface area contributed by atoms with E-state index in [-0.39, 0.29) is 10.6 Å². The minimum atomic E-state index is -0.151. The predicted molar refractivity (Wildman–Crippen MR) is 67.6 cm³/mol. The van der Waals surface area contributed by atoms with E-state index in [1.54, 1.807) is 12.1 Å². The third-order valence-electron chi connectivity index (χ3n) is 2.44. The zero-order valence-electron chi connectivity index (χ0n) is 8.52. The van der Waals surface area contributed by atoms with Crippen molar-refractivity contribution in [2.75, 3.05) is 0 Å². The standard InChI is InChI=1S/C13H10BrNO/c14-12(8-15)6-9-1-2-11-7-13(16)4-3-10(11)5-9/h1-5,7,12,16H,6H2. The lowest BCUT2D eigenvalue weighted by Crippen LogP contribution is -1.98. The van der Waals surface area contributed by atoms with Crippen LogP contribution in [0.15, 0.2) is 36.4 Å². The molecule has 0 heterocycles. The topological polar surface area (TPSA) is 44.0 Å². The molecule has 0 amide bonds. The number of nitrogens with zero attached hydrogens (tertiary/aromatic N) is 1. The highest BCUT2D eigenvalue weighted by atomic mass is 79.9. The van der Waals surface area contributed by atoms with E-state index in [1.807, 2.05) is 24.3 Å². The second-order valence-corrected chi connectivity index (χ2v) is 4.77. The molecule has 0 aromatic heterocycles. The molecule has 0 radical (unpaired) electrons. The first-order chi connectivity index (χ1) is 7.69. The normalized spacial score (nSPS) is 12.2. The highest BCUT2D eigenvalue weighted by Crippen LogP contribution is 2.22. The lowest BCUT2D eigenvalue weighted by Gasteiger charge is -2.04. The molecule has 16 heavy (non-hydrogen) atoms. The summed E-state index contributed by atoms with van der Waals surface area (Å²) in [5.41, 5.74) is 1.11. The van der Waals surface area contributed by atoms with Gasteiger partial charge in [0.1, 0.15) is 10.6 Å². The van der Waals surface area contributed by atoms with Crippen molar-refractivity contribution in [1.82, 2.24) is 0 Å². The average molecular weight is 276 g/mol. The third kappa shape index (κ3) is 2.34. The van der Waals surface area contributed by atoms with Gasteiger partial charge in [-0.05, 0) is 34.9 Å². The number of fused-ring (bicyclic) bond motifs is 1. The quantitative estimate of drug-likeness (QED) is 0.854. The Morgan fingerprint density at radius 1 is 1.19 bits per heavy atom. The fourth-order valence-corrected chi connectivity index (χ4v) is 2.04. The molecule has 1 atom stereocenters. The van der Waals surface area contributed by atoms with E-state index in [1.165, 1.54) is 0 Å². The van der Waals surface area contributed by atoms with E-state index < -0.39 is 0 Å². The number of halogens is 1. The molecule has 2 rings (SSSR count). The number of phenolic OH excluding ortho intramolecular Hbond substituents is 1. The summed E-state index contributed by atoms with van der Waals surface area (Å²) in [5.74, 6) is 0.274. The monoisotopic (exact) mass is 275 g/mol. The molecule has 0 bridgehead atoms. The number of benzene rings is 2. The van der Waals surface area contributed by atoms with E-state index in [4.69, 9.17) is 5.26 Å². The molecule has 0 aliphatic heterocycles. The van der Waals surface area contributed by atoms with Gasteiger partial charge in [0, 0.05) is 0 Å². The highest BCUT2D eigenvalue weighted by molar-refractivity contribution is 9.09. The summed E-state index contributed by atoms with van der Waals surface area (Å²) in [4.78, 5) is -0.151. The van der Waals surface area contributed by atoms with E-state index in [0.29, 0.717) is 6.42 Å². The molecule has 0 aliphatic rings. The van der Waals surface area contributed by atoms with Crippen LogP contribution in [0.5, 0.6) is 5.75 Å². The van der Waals surface area contributed by atoms with Crippen LogP contribution in [0.3, 0.4) is 0 Å². The van der Waals surface area contributed by atoms with Crippen molar-refractivity contribution >= 4 is 26.7 Å². The highest BCUT2D eigenvalue weighted by Gasteiger charge is 2.04. The first kappa shape index (κ1) is 11.0. The van der Waals surface area contributed by atoms with Gasteiger partial charge in [0.05, 0.1) is 6.07 Å². The fraction of sp³-hybridized carbons (Fsp3) is 0.154. The number of rotatable bonds is 2. The molecule has 1 N–H and O–H groups in total. The summed E-state index contributed by atoms with van der Waals surface area (Å²) in [5, 5.41) is 20.1. The van der Waals surface area contributed by atoms with Gasteiger partial charge in [-0.3, -0.25) is 0 Å². The second kappa shape index (κ2) is 4.54.